The molecule has 5 nitrogen and oxygen atoms in total. The van der Waals surface area contributed by atoms with Gasteiger partial charge in [-0.25, -0.2) is 9.88 Å². The summed E-state index contributed by atoms with van der Waals surface area (Å²) in [6, 6.07) is 0. The van der Waals surface area contributed by atoms with Gasteiger partial charge in [0.1, 0.15) is 0 Å². The molecule has 6 heteroatoms. The fourth-order valence-electron chi connectivity index (χ4n) is 0.831. The lowest BCUT2D eigenvalue weighted by atomic mass is 10.3. The summed E-state index contributed by atoms with van der Waals surface area (Å²) < 4.78 is 15.0. The van der Waals surface area contributed by atoms with Crippen molar-refractivity contribution in [1.29, 1.82) is 0 Å². The summed E-state index contributed by atoms with van der Waals surface area (Å²) in [7, 11) is -2.84. The second kappa shape index (κ2) is 1.08. The van der Waals surface area contributed by atoms with Gasteiger partial charge in [-0.15, -0.1) is 0 Å². The van der Waals surface area contributed by atoms with Crippen molar-refractivity contribution in [2.45, 2.75) is 5.28 Å². The van der Waals surface area contributed by atoms with E-state index in [1.165, 1.54) is 0 Å². The highest BCUT2D eigenvalue weighted by Gasteiger charge is 2.84. The van der Waals surface area contributed by atoms with Crippen molar-refractivity contribution in [3.8, 4) is 0 Å². The molecule has 0 bridgehead atoms. The number of carbonyl (C=O) groups is 1. The molecule has 0 saturated carbocycles. The maximum absolute atomic E-state index is 10.8. The van der Waals surface area contributed by atoms with Gasteiger partial charge in [0.25, 0.3) is 0 Å². The molecule has 0 amide bonds. The van der Waals surface area contributed by atoms with Gasteiger partial charge in [0, 0.05) is 0 Å². The SMILES string of the molecule is O=C1OP2(=O)N[C@@]12CO. The van der Waals surface area contributed by atoms with Crippen LogP contribution in [-0.4, -0.2) is 23.0 Å². The van der Waals surface area contributed by atoms with Crippen molar-refractivity contribution in [1.82, 2.24) is 5.09 Å². The Labute approximate surface area is 50.5 Å². The zero-order valence-electron chi connectivity index (χ0n) is 4.33. The fourth-order valence-corrected chi connectivity index (χ4v) is 2.61. The molecule has 2 atom stereocenters. The lowest BCUT2D eigenvalue weighted by Crippen LogP contribution is -2.37. The first-order valence-corrected chi connectivity index (χ1v) is 4.02. The van der Waals surface area contributed by atoms with Gasteiger partial charge in [-0.05, 0) is 0 Å². The van der Waals surface area contributed by atoms with Gasteiger partial charge in [0.15, 0.2) is 0 Å². The lowest BCUT2D eigenvalue weighted by molar-refractivity contribution is -0.140. The van der Waals surface area contributed by atoms with Crippen molar-refractivity contribution >= 4 is 13.5 Å². The van der Waals surface area contributed by atoms with E-state index in [1.807, 2.05) is 0 Å². The summed E-state index contributed by atoms with van der Waals surface area (Å²) in [4.78, 5) is 10.4. The van der Waals surface area contributed by atoms with E-state index in [1.54, 1.807) is 0 Å². The van der Waals surface area contributed by atoms with Crippen LogP contribution in [0.1, 0.15) is 0 Å². The monoisotopic (exact) mass is 149 g/mol. The molecule has 2 rings (SSSR count). The molecular formula is C3H4NO4P. The Bertz CT molecular complexity index is 238. The zero-order chi connectivity index (χ0) is 6.70. The third-order valence-electron chi connectivity index (χ3n) is 1.56. The molecule has 2 aliphatic heterocycles. The molecule has 0 aromatic rings. The largest absolute Gasteiger partial charge is 0.397 e. The molecule has 0 aromatic heterocycles. The first-order valence-electron chi connectivity index (χ1n) is 2.39. The highest BCUT2D eigenvalue weighted by Crippen LogP contribution is 2.78. The predicted molar refractivity (Wildman–Crippen MR) is 26.7 cm³/mol. The van der Waals surface area contributed by atoms with Crippen molar-refractivity contribution in [2.75, 3.05) is 6.61 Å². The topological polar surface area (TPSA) is 85.5 Å². The van der Waals surface area contributed by atoms with Crippen LogP contribution in [0.3, 0.4) is 0 Å². The average Bonchev–Trinajstić information content (AvgIpc) is 2.30. The number of hydrogen-bond donors (Lipinski definition) is 2. The molecule has 0 radical (unpaired) electrons. The van der Waals surface area contributed by atoms with E-state index in [0.29, 0.717) is 0 Å². The number of rotatable bonds is 1. The summed E-state index contributed by atoms with van der Waals surface area (Å²) in [5.74, 6) is -0.603. The number of aliphatic hydroxyl groups excluding tert-OH is 1. The second-order valence-corrected chi connectivity index (χ2v) is 4.33. The van der Waals surface area contributed by atoms with Gasteiger partial charge < -0.3 is 9.63 Å². The first-order chi connectivity index (χ1) is 4.15. The third kappa shape index (κ3) is 0.340. The van der Waals surface area contributed by atoms with Gasteiger partial charge in [-0.1, -0.05) is 0 Å². The van der Waals surface area contributed by atoms with E-state index in [4.69, 9.17) is 5.11 Å². The van der Waals surface area contributed by atoms with E-state index >= 15 is 0 Å². The standard InChI is InChI=1S/C3H4NO4P/c5-1-3-2(6)8-9(3,7)4-3/h5H,1H2,(H,4,7)/t3-,9?/m1/s1. The molecule has 2 N–H and O–H groups in total. The summed E-state index contributed by atoms with van der Waals surface area (Å²) in [5.41, 5.74) is 0. The van der Waals surface area contributed by atoms with E-state index in [2.05, 4.69) is 9.61 Å². The van der Waals surface area contributed by atoms with Crippen LogP contribution in [0.25, 0.3) is 0 Å². The molecule has 50 valence electrons. The first kappa shape index (κ1) is 5.41. The van der Waals surface area contributed by atoms with Crippen LogP contribution in [-0.2, 0) is 13.9 Å². The summed E-state index contributed by atoms with van der Waals surface area (Å²) in [6.07, 6.45) is 0. The minimum absolute atomic E-state index is 0.427. The Morgan fingerprint density at radius 1 is 1.89 bits per heavy atom. The molecular weight excluding hydrogens is 145 g/mol. The molecule has 2 heterocycles. The molecule has 1 unspecified atom stereocenters. The van der Waals surface area contributed by atoms with Gasteiger partial charge >= 0.3 is 13.5 Å². The quantitative estimate of drug-likeness (QED) is 0.370. The molecule has 2 saturated heterocycles. The zero-order valence-corrected chi connectivity index (χ0v) is 5.22. The minimum atomic E-state index is -2.84. The number of carbonyl (C=O) groups excluding carboxylic acids is 1. The Kier molecular flexibility index (Phi) is 0.646. The van der Waals surface area contributed by atoms with E-state index in [0.717, 1.165) is 0 Å². The Balaban J connectivity index is 2.36. The van der Waals surface area contributed by atoms with Crippen LogP contribution in [0.15, 0.2) is 0 Å². The lowest BCUT2D eigenvalue weighted by Gasteiger charge is -2.16. The Morgan fingerprint density at radius 3 is 2.67 bits per heavy atom. The smallest absolute Gasteiger partial charge is 0.354 e. The molecule has 0 aliphatic carbocycles. The maximum Gasteiger partial charge on any atom is 0.354 e. The van der Waals surface area contributed by atoms with Crippen LogP contribution >= 0.6 is 7.52 Å². The number of nitrogens with one attached hydrogen (secondary N) is 1. The highest BCUT2D eigenvalue weighted by atomic mass is 31.2. The average molecular weight is 149 g/mol. The van der Waals surface area contributed by atoms with Crippen LogP contribution in [0.5, 0.6) is 0 Å². The van der Waals surface area contributed by atoms with Gasteiger partial charge in [-0.3, -0.25) is 4.57 Å². The van der Waals surface area contributed by atoms with Crippen molar-refractivity contribution in [3.63, 3.8) is 0 Å². The van der Waals surface area contributed by atoms with Gasteiger partial charge in [0.05, 0.1) is 6.61 Å². The van der Waals surface area contributed by atoms with Crippen molar-refractivity contribution < 1.29 is 19.0 Å². The van der Waals surface area contributed by atoms with Crippen molar-refractivity contribution in [2.24, 2.45) is 0 Å². The molecule has 2 aliphatic rings. The second-order valence-electron chi connectivity index (χ2n) is 2.06. The van der Waals surface area contributed by atoms with E-state index in [9.17, 15) is 9.36 Å². The van der Waals surface area contributed by atoms with Crippen LogP contribution in [0.4, 0.5) is 0 Å². The van der Waals surface area contributed by atoms with E-state index < -0.39 is 25.4 Å². The Morgan fingerprint density at radius 2 is 2.56 bits per heavy atom. The van der Waals surface area contributed by atoms with Crippen LogP contribution in [0.2, 0.25) is 0 Å². The highest BCUT2D eigenvalue weighted by molar-refractivity contribution is 7.70. The number of fused-ring (bicyclic) bond motifs is 1. The molecule has 9 heavy (non-hydrogen) atoms. The fraction of sp³-hybridized carbons (Fsp3) is 0.667. The minimum Gasteiger partial charge on any atom is -0.397 e. The van der Waals surface area contributed by atoms with E-state index in [-0.39, 0.29) is 0 Å². The summed E-state index contributed by atoms with van der Waals surface area (Å²) >= 11 is 0. The number of hydrogen-bond acceptors (Lipinski definition) is 4. The Hall–Kier alpha value is -0.380. The molecule has 0 aromatic carbocycles. The summed E-state index contributed by atoms with van der Waals surface area (Å²) in [5, 5.41) is 9.64. The van der Waals surface area contributed by atoms with Crippen molar-refractivity contribution in [3.05, 3.63) is 0 Å². The summed E-state index contributed by atoms with van der Waals surface area (Å²) in [6.45, 7) is -0.427. The number of aliphatic hydroxyl groups is 1. The maximum atomic E-state index is 10.8. The predicted octanol–water partition coefficient (Wildman–Crippen LogP) is -0.972. The third-order valence-corrected chi connectivity index (χ3v) is 3.88. The van der Waals surface area contributed by atoms with Gasteiger partial charge in [-0.2, -0.15) is 0 Å². The normalized spacial score (nSPS) is 53.2. The molecule has 2 fully saturated rings. The van der Waals surface area contributed by atoms with Crippen LogP contribution < -0.4 is 5.09 Å². The molecule has 0 spiro atoms. The van der Waals surface area contributed by atoms with Crippen LogP contribution in [0, 0.1) is 0 Å². The van der Waals surface area contributed by atoms with Gasteiger partial charge in [0.2, 0.25) is 5.28 Å².